The maximum Gasteiger partial charge on any atom is 0.162 e. The van der Waals surface area contributed by atoms with Gasteiger partial charge in [-0.2, -0.15) is 0 Å². The second kappa shape index (κ2) is 8.94. The molecule has 0 radical (unpaired) electrons. The highest BCUT2D eigenvalue weighted by Crippen LogP contribution is 2.10. The van der Waals surface area contributed by atoms with Crippen molar-refractivity contribution < 1.29 is 9.53 Å². The molecule has 0 aliphatic heterocycles. The third-order valence-corrected chi connectivity index (χ3v) is 2.24. The quantitative estimate of drug-likeness (QED) is 0.744. The van der Waals surface area contributed by atoms with E-state index in [0.29, 0.717) is 12.3 Å². The lowest BCUT2D eigenvalue weighted by molar-refractivity contribution is 0.0988. The predicted molar refractivity (Wildman–Crippen MR) is 72.5 cm³/mol. The standard InChI is InChI=1S/C13H18O.C2H6O/c1-4-13(14)12-7-5-11(6-8-12)9-10(2)3;1-3-2/h5-8,10H,4,9H2,1-3H3;1-2H3. The average Bonchev–Trinajstić information content (AvgIpc) is 2.29. The van der Waals surface area contributed by atoms with Crippen LogP contribution >= 0.6 is 0 Å². The number of carbonyl (C=O) groups excluding carboxylic acids is 1. The van der Waals surface area contributed by atoms with E-state index >= 15 is 0 Å². The van der Waals surface area contributed by atoms with Crippen molar-refractivity contribution in [3.05, 3.63) is 35.4 Å². The van der Waals surface area contributed by atoms with Crippen LogP contribution in [0.2, 0.25) is 0 Å². The Balaban J connectivity index is 0.000000770. The molecule has 0 unspecified atom stereocenters. The minimum Gasteiger partial charge on any atom is -0.388 e. The summed E-state index contributed by atoms with van der Waals surface area (Å²) >= 11 is 0. The van der Waals surface area contributed by atoms with Crippen LogP contribution in [0, 0.1) is 5.92 Å². The molecule has 0 aliphatic carbocycles. The summed E-state index contributed by atoms with van der Waals surface area (Å²) in [6, 6.07) is 7.98. The smallest absolute Gasteiger partial charge is 0.162 e. The van der Waals surface area contributed by atoms with Gasteiger partial charge in [-0.25, -0.2) is 0 Å². The van der Waals surface area contributed by atoms with Crippen LogP contribution in [0.25, 0.3) is 0 Å². The third kappa shape index (κ3) is 6.90. The van der Waals surface area contributed by atoms with Crippen molar-refractivity contribution >= 4 is 5.78 Å². The zero-order chi connectivity index (χ0) is 13.3. The molecule has 0 atom stereocenters. The highest BCUT2D eigenvalue weighted by molar-refractivity contribution is 5.95. The summed E-state index contributed by atoms with van der Waals surface area (Å²) in [5.41, 5.74) is 2.15. The normalized spacial score (nSPS) is 9.76. The van der Waals surface area contributed by atoms with Crippen LogP contribution in [-0.4, -0.2) is 20.0 Å². The molecule has 0 fully saturated rings. The maximum atomic E-state index is 11.3. The zero-order valence-corrected chi connectivity index (χ0v) is 11.6. The van der Waals surface area contributed by atoms with E-state index in [1.54, 1.807) is 14.2 Å². The molecule has 2 nitrogen and oxygen atoms in total. The zero-order valence-electron chi connectivity index (χ0n) is 11.6. The van der Waals surface area contributed by atoms with E-state index < -0.39 is 0 Å². The molecule has 96 valence electrons. The van der Waals surface area contributed by atoms with Gasteiger partial charge in [0.25, 0.3) is 0 Å². The van der Waals surface area contributed by atoms with Crippen molar-refractivity contribution in [1.82, 2.24) is 0 Å². The lowest BCUT2D eigenvalue weighted by Gasteiger charge is -2.05. The molecule has 0 aliphatic rings. The number of rotatable bonds is 4. The number of Topliss-reactive ketones (excluding diaryl/α,β-unsaturated/α-hetero) is 1. The second-order valence-corrected chi connectivity index (χ2v) is 4.48. The van der Waals surface area contributed by atoms with Crippen LogP contribution in [-0.2, 0) is 11.2 Å². The molecular formula is C15H24O2. The molecule has 1 rings (SSSR count). The van der Waals surface area contributed by atoms with Crippen LogP contribution in [0.4, 0.5) is 0 Å². The van der Waals surface area contributed by atoms with Crippen LogP contribution in [0.1, 0.15) is 43.1 Å². The van der Waals surface area contributed by atoms with Crippen molar-refractivity contribution in [3.8, 4) is 0 Å². The van der Waals surface area contributed by atoms with Gasteiger partial charge >= 0.3 is 0 Å². The molecule has 1 aromatic carbocycles. The van der Waals surface area contributed by atoms with Crippen molar-refractivity contribution in [2.45, 2.75) is 33.6 Å². The summed E-state index contributed by atoms with van der Waals surface area (Å²) in [6.45, 7) is 6.29. The molecule has 0 amide bonds. The topological polar surface area (TPSA) is 26.3 Å². The van der Waals surface area contributed by atoms with Crippen molar-refractivity contribution in [1.29, 1.82) is 0 Å². The predicted octanol–water partition coefficient (Wildman–Crippen LogP) is 3.74. The van der Waals surface area contributed by atoms with Gasteiger partial charge in [-0.1, -0.05) is 45.0 Å². The van der Waals surface area contributed by atoms with E-state index in [1.165, 1.54) is 5.56 Å². The van der Waals surface area contributed by atoms with Crippen LogP contribution in [0.3, 0.4) is 0 Å². The molecule has 0 heterocycles. The van der Waals surface area contributed by atoms with E-state index in [-0.39, 0.29) is 5.78 Å². The van der Waals surface area contributed by atoms with Crippen LogP contribution in [0.5, 0.6) is 0 Å². The van der Waals surface area contributed by atoms with Gasteiger partial charge in [0.05, 0.1) is 0 Å². The third-order valence-electron chi connectivity index (χ3n) is 2.24. The van der Waals surface area contributed by atoms with Gasteiger partial charge in [0, 0.05) is 26.2 Å². The summed E-state index contributed by atoms with van der Waals surface area (Å²) in [5, 5.41) is 0. The second-order valence-electron chi connectivity index (χ2n) is 4.48. The number of carbonyl (C=O) groups is 1. The molecular weight excluding hydrogens is 212 g/mol. The summed E-state index contributed by atoms with van der Waals surface area (Å²) in [5.74, 6) is 0.892. The van der Waals surface area contributed by atoms with Crippen molar-refractivity contribution in [2.24, 2.45) is 5.92 Å². The largest absolute Gasteiger partial charge is 0.388 e. The SMILES string of the molecule is CCC(=O)c1ccc(CC(C)C)cc1.COC. The Labute approximate surface area is 105 Å². The van der Waals surface area contributed by atoms with E-state index in [1.807, 2.05) is 19.1 Å². The molecule has 0 bridgehead atoms. The van der Waals surface area contributed by atoms with E-state index in [4.69, 9.17) is 0 Å². The van der Waals surface area contributed by atoms with Gasteiger partial charge in [0.15, 0.2) is 5.78 Å². The van der Waals surface area contributed by atoms with E-state index in [0.717, 1.165) is 12.0 Å². The van der Waals surface area contributed by atoms with E-state index in [9.17, 15) is 4.79 Å². The van der Waals surface area contributed by atoms with Crippen molar-refractivity contribution in [2.75, 3.05) is 14.2 Å². The molecule has 0 N–H and O–H groups in total. The maximum absolute atomic E-state index is 11.3. The number of benzene rings is 1. The van der Waals surface area contributed by atoms with Gasteiger partial charge in [-0.15, -0.1) is 0 Å². The monoisotopic (exact) mass is 236 g/mol. The average molecular weight is 236 g/mol. The fourth-order valence-electron chi connectivity index (χ4n) is 1.50. The molecule has 0 aromatic heterocycles. The summed E-state index contributed by atoms with van der Waals surface area (Å²) in [4.78, 5) is 11.3. The summed E-state index contributed by atoms with van der Waals surface area (Å²) < 4.78 is 4.25. The Kier molecular flexibility index (Phi) is 8.34. The molecule has 2 heteroatoms. The van der Waals surface area contributed by atoms with Gasteiger partial charge in [-0.05, 0) is 17.9 Å². The van der Waals surface area contributed by atoms with Crippen LogP contribution in [0.15, 0.2) is 24.3 Å². The Morgan fingerprint density at radius 1 is 1.18 bits per heavy atom. The summed E-state index contributed by atoms with van der Waals surface area (Å²) in [6.07, 6.45) is 1.67. The minimum absolute atomic E-state index is 0.223. The molecule has 0 saturated heterocycles. The van der Waals surface area contributed by atoms with E-state index in [2.05, 4.69) is 30.7 Å². The number of methoxy groups -OCH3 is 1. The fourth-order valence-corrected chi connectivity index (χ4v) is 1.50. The highest BCUT2D eigenvalue weighted by Gasteiger charge is 2.02. The van der Waals surface area contributed by atoms with Gasteiger partial charge in [0.1, 0.15) is 0 Å². The van der Waals surface area contributed by atoms with Gasteiger partial charge < -0.3 is 4.74 Å². The molecule has 1 aromatic rings. The number of ketones is 1. The number of hydrogen-bond acceptors (Lipinski definition) is 2. The first kappa shape index (κ1) is 15.9. The lowest BCUT2D eigenvalue weighted by atomic mass is 10.0. The Morgan fingerprint density at radius 3 is 2.00 bits per heavy atom. The van der Waals surface area contributed by atoms with Crippen LogP contribution < -0.4 is 0 Å². The first-order chi connectivity index (χ1) is 8.04. The molecule has 17 heavy (non-hydrogen) atoms. The van der Waals surface area contributed by atoms with Gasteiger partial charge in [0.2, 0.25) is 0 Å². The van der Waals surface area contributed by atoms with Crippen molar-refractivity contribution in [3.63, 3.8) is 0 Å². The first-order valence-electron chi connectivity index (χ1n) is 6.07. The Bertz CT molecular complexity index is 312. The molecule has 0 spiro atoms. The molecule has 0 saturated carbocycles. The summed E-state index contributed by atoms with van der Waals surface area (Å²) in [7, 11) is 3.25. The highest BCUT2D eigenvalue weighted by atomic mass is 16.4. The van der Waals surface area contributed by atoms with Gasteiger partial charge in [-0.3, -0.25) is 4.79 Å². The Hall–Kier alpha value is -1.15. The number of ether oxygens (including phenoxy) is 1. The lowest BCUT2D eigenvalue weighted by Crippen LogP contribution is -1.98. The number of hydrogen-bond donors (Lipinski definition) is 0. The first-order valence-corrected chi connectivity index (χ1v) is 6.07. The Morgan fingerprint density at radius 2 is 1.65 bits per heavy atom. The fraction of sp³-hybridized carbons (Fsp3) is 0.533. The minimum atomic E-state index is 0.223.